The van der Waals surface area contributed by atoms with E-state index in [-0.39, 0.29) is 5.95 Å². The summed E-state index contributed by atoms with van der Waals surface area (Å²) in [5, 5.41) is 0. The fraction of sp³-hybridized carbons (Fsp3) is 0.0625. The summed E-state index contributed by atoms with van der Waals surface area (Å²) in [5.41, 5.74) is 8.83. The van der Waals surface area contributed by atoms with Gasteiger partial charge in [0.15, 0.2) is 11.6 Å². The first-order valence-corrected chi connectivity index (χ1v) is 6.36. The molecule has 3 aromatic rings. The van der Waals surface area contributed by atoms with Crippen LogP contribution in [0.4, 0.5) is 5.95 Å². The van der Waals surface area contributed by atoms with Gasteiger partial charge in [0.05, 0.1) is 0 Å². The summed E-state index contributed by atoms with van der Waals surface area (Å²) in [6.45, 7) is 2.03. The van der Waals surface area contributed by atoms with Gasteiger partial charge in [-0.3, -0.25) is 0 Å². The molecule has 4 heteroatoms. The van der Waals surface area contributed by atoms with Crippen LogP contribution in [0.2, 0.25) is 0 Å². The maximum atomic E-state index is 5.81. The van der Waals surface area contributed by atoms with Gasteiger partial charge in [-0.15, -0.1) is 0 Å². The Kier molecular flexibility index (Phi) is 3.13. The van der Waals surface area contributed by atoms with Crippen LogP contribution in [0, 0.1) is 6.92 Å². The first kappa shape index (κ1) is 12.3. The van der Waals surface area contributed by atoms with Crippen molar-refractivity contribution in [2.45, 2.75) is 6.92 Å². The smallest absolute Gasteiger partial charge is 0.224 e. The fourth-order valence-electron chi connectivity index (χ4n) is 2.02. The number of nitrogen functional groups attached to an aromatic ring is 1. The molecule has 2 N–H and O–H groups in total. The average Bonchev–Trinajstić information content (AvgIpc) is 2.47. The average molecular weight is 262 g/mol. The lowest BCUT2D eigenvalue weighted by atomic mass is 10.1. The highest BCUT2D eigenvalue weighted by atomic mass is 15.1. The van der Waals surface area contributed by atoms with E-state index in [0.717, 1.165) is 16.7 Å². The van der Waals surface area contributed by atoms with E-state index < -0.39 is 0 Å². The highest BCUT2D eigenvalue weighted by molar-refractivity contribution is 5.62. The lowest BCUT2D eigenvalue weighted by Gasteiger charge is -2.05. The van der Waals surface area contributed by atoms with Crippen LogP contribution in [0.15, 0.2) is 54.6 Å². The summed E-state index contributed by atoms with van der Waals surface area (Å²) in [6.07, 6.45) is 0. The molecular formula is C16H14N4. The number of aromatic nitrogens is 3. The predicted molar refractivity (Wildman–Crippen MR) is 79.8 cm³/mol. The third kappa shape index (κ3) is 2.49. The Morgan fingerprint density at radius 3 is 2.10 bits per heavy atom. The van der Waals surface area contributed by atoms with Gasteiger partial charge in [-0.25, -0.2) is 4.98 Å². The van der Waals surface area contributed by atoms with Gasteiger partial charge in [-0.1, -0.05) is 54.1 Å². The topological polar surface area (TPSA) is 64.7 Å². The van der Waals surface area contributed by atoms with Crippen molar-refractivity contribution in [2.75, 3.05) is 5.73 Å². The minimum atomic E-state index is 0.232. The van der Waals surface area contributed by atoms with Gasteiger partial charge < -0.3 is 5.73 Å². The Hall–Kier alpha value is -2.75. The molecule has 1 heterocycles. The van der Waals surface area contributed by atoms with E-state index in [1.165, 1.54) is 0 Å². The molecule has 20 heavy (non-hydrogen) atoms. The summed E-state index contributed by atoms with van der Waals surface area (Å²) >= 11 is 0. The van der Waals surface area contributed by atoms with Crippen molar-refractivity contribution in [1.82, 2.24) is 15.0 Å². The Balaban J connectivity index is 2.12. The zero-order valence-corrected chi connectivity index (χ0v) is 11.1. The second-order valence-electron chi connectivity index (χ2n) is 4.58. The predicted octanol–water partition coefficient (Wildman–Crippen LogP) is 3.10. The third-order valence-electron chi connectivity index (χ3n) is 2.96. The maximum absolute atomic E-state index is 5.81. The zero-order chi connectivity index (χ0) is 13.9. The fourth-order valence-corrected chi connectivity index (χ4v) is 2.02. The molecule has 0 spiro atoms. The van der Waals surface area contributed by atoms with E-state index in [0.29, 0.717) is 11.6 Å². The zero-order valence-electron chi connectivity index (χ0n) is 11.1. The molecule has 0 bridgehead atoms. The molecule has 0 saturated carbocycles. The molecule has 4 nitrogen and oxygen atoms in total. The summed E-state index contributed by atoms with van der Waals surface area (Å²) in [7, 11) is 0. The summed E-state index contributed by atoms with van der Waals surface area (Å²) in [5.74, 6) is 1.42. The van der Waals surface area contributed by atoms with E-state index in [4.69, 9.17) is 5.73 Å². The SMILES string of the molecule is Cc1cccc(-c2nc(N)nc(-c3ccccc3)n2)c1. The molecule has 98 valence electrons. The molecule has 0 amide bonds. The van der Waals surface area contributed by atoms with Crippen LogP contribution in [0.3, 0.4) is 0 Å². The number of hydrogen-bond acceptors (Lipinski definition) is 4. The maximum Gasteiger partial charge on any atom is 0.224 e. The second kappa shape index (κ2) is 5.09. The van der Waals surface area contributed by atoms with Crippen molar-refractivity contribution in [3.05, 3.63) is 60.2 Å². The number of hydrogen-bond donors (Lipinski definition) is 1. The first-order valence-electron chi connectivity index (χ1n) is 6.36. The number of anilines is 1. The number of benzene rings is 2. The minimum absolute atomic E-state index is 0.232. The largest absolute Gasteiger partial charge is 0.368 e. The van der Waals surface area contributed by atoms with Crippen LogP contribution < -0.4 is 5.73 Å². The molecule has 0 aliphatic rings. The van der Waals surface area contributed by atoms with E-state index in [9.17, 15) is 0 Å². The highest BCUT2D eigenvalue weighted by Crippen LogP contribution is 2.21. The van der Waals surface area contributed by atoms with Crippen LogP contribution in [0.1, 0.15) is 5.56 Å². The molecule has 0 fully saturated rings. The molecule has 1 aromatic heterocycles. The van der Waals surface area contributed by atoms with Crippen LogP contribution >= 0.6 is 0 Å². The van der Waals surface area contributed by atoms with Crippen molar-refractivity contribution in [3.63, 3.8) is 0 Å². The van der Waals surface area contributed by atoms with E-state index in [1.807, 2.05) is 61.5 Å². The van der Waals surface area contributed by atoms with Gasteiger partial charge in [0, 0.05) is 11.1 Å². The van der Waals surface area contributed by atoms with Gasteiger partial charge >= 0.3 is 0 Å². The molecular weight excluding hydrogens is 248 g/mol. The monoisotopic (exact) mass is 262 g/mol. The van der Waals surface area contributed by atoms with Crippen molar-refractivity contribution < 1.29 is 0 Å². The first-order chi connectivity index (χ1) is 9.72. The Morgan fingerprint density at radius 1 is 0.750 bits per heavy atom. The van der Waals surface area contributed by atoms with Crippen molar-refractivity contribution in [3.8, 4) is 22.8 Å². The van der Waals surface area contributed by atoms with Crippen molar-refractivity contribution in [2.24, 2.45) is 0 Å². The minimum Gasteiger partial charge on any atom is -0.368 e. The van der Waals surface area contributed by atoms with Crippen molar-refractivity contribution >= 4 is 5.95 Å². The van der Waals surface area contributed by atoms with Gasteiger partial charge in [-0.05, 0) is 13.0 Å². The standard InChI is InChI=1S/C16H14N4/c1-11-6-5-9-13(10-11)15-18-14(19-16(17)20-15)12-7-3-2-4-8-12/h2-10H,1H3,(H2,17,18,19,20). The quantitative estimate of drug-likeness (QED) is 0.770. The van der Waals surface area contributed by atoms with Gasteiger partial charge in [0.25, 0.3) is 0 Å². The lowest BCUT2D eigenvalue weighted by molar-refractivity contribution is 1.08. The summed E-state index contributed by atoms with van der Waals surface area (Å²) in [4.78, 5) is 12.9. The summed E-state index contributed by atoms with van der Waals surface area (Å²) < 4.78 is 0. The molecule has 0 aliphatic heterocycles. The molecule has 0 radical (unpaired) electrons. The van der Waals surface area contributed by atoms with E-state index in [2.05, 4.69) is 15.0 Å². The summed E-state index contributed by atoms with van der Waals surface area (Å²) in [6, 6.07) is 17.8. The Bertz CT molecular complexity index is 738. The van der Waals surface area contributed by atoms with Crippen LogP contribution in [-0.4, -0.2) is 15.0 Å². The molecule has 0 saturated heterocycles. The number of aryl methyl sites for hydroxylation is 1. The lowest BCUT2D eigenvalue weighted by Crippen LogP contribution is -2.02. The molecule has 0 atom stereocenters. The molecule has 0 unspecified atom stereocenters. The Morgan fingerprint density at radius 2 is 1.40 bits per heavy atom. The Labute approximate surface area is 117 Å². The molecule has 2 aromatic carbocycles. The van der Waals surface area contributed by atoms with Crippen LogP contribution in [0.5, 0.6) is 0 Å². The third-order valence-corrected chi connectivity index (χ3v) is 2.96. The number of nitrogens with zero attached hydrogens (tertiary/aromatic N) is 3. The van der Waals surface area contributed by atoms with Gasteiger partial charge in [-0.2, -0.15) is 9.97 Å². The highest BCUT2D eigenvalue weighted by Gasteiger charge is 2.08. The van der Waals surface area contributed by atoms with E-state index >= 15 is 0 Å². The van der Waals surface area contributed by atoms with E-state index in [1.54, 1.807) is 0 Å². The normalized spacial score (nSPS) is 10.4. The molecule has 3 rings (SSSR count). The molecule has 0 aliphatic carbocycles. The van der Waals surface area contributed by atoms with Gasteiger partial charge in [0.1, 0.15) is 0 Å². The van der Waals surface area contributed by atoms with Crippen LogP contribution in [-0.2, 0) is 0 Å². The van der Waals surface area contributed by atoms with Gasteiger partial charge in [0.2, 0.25) is 5.95 Å². The van der Waals surface area contributed by atoms with Crippen LogP contribution in [0.25, 0.3) is 22.8 Å². The number of nitrogens with two attached hydrogens (primary N) is 1. The van der Waals surface area contributed by atoms with Crippen molar-refractivity contribution in [1.29, 1.82) is 0 Å². The second-order valence-corrected chi connectivity index (χ2v) is 4.58. The number of rotatable bonds is 2.